The first-order valence-electron chi connectivity index (χ1n) is 5.70. The van der Waals surface area contributed by atoms with Crippen LogP contribution in [0.2, 0.25) is 0 Å². The molecule has 0 atom stereocenters. The first-order valence-corrected chi connectivity index (χ1v) is 5.70. The number of esters is 1. The van der Waals surface area contributed by atoms with Crippen LogP contribution in [0.4, 0.5) is 0 Å². The highest BCUT2D eigenvalue weighted by Gasteiger charge is 2.10. The second kappa shape index (κ2) is 7.63. The molecule has 1 aromatic rings. The van der Waals surface area contributed by atoms with Crippen LogP contribution in [0.3, 0.4) is 0 Å². The zero-order valence-corrected chi connectivity index (χ0v) is 10.3. The van der Waals surface area contributed by atoms with E-state index in [1.807, 2.05) is 24.3 Å². The number of carbonyl (C=O) groups is 1. The van der Waals surface area contributed by atoms with Gasteiger partial charge in [-0.25, -0.2) is 0 Å². The minimum atomic E-state index is -0.204. The Balaban J connectivity index is 2.56. The molecule has 0 aliphatic carbocycles. The molecule has 92 valence electrons. The zero-order valence-electron chi connectivity index (χ0n) is 10.3. The van der Waals surface area contributed by atoms with Gasteiger partial charge in [-0.05, 0) is 12.0 Å². The summed E-state index contributed by atoms with van der Waals surface area (Å²) >= 11 is 0. The zero-order chi connectivity index (χ0) is 12.5. The first-order chi connectivity index (χ1) is 8.26. The normalized spacial score (nSPS) is 10.2. The summed E-state index contributed by atoms with van der Waals surface area (Å²) in [5.74, 6) is -0.204. The second-order valence-corrected chi connectivity index (χ2v) is 3.85. The van der Waals surface area contributed by atoms with E-state index >= 15 is 0 Å². The molecule has 0 N–H and O–H groups in total. The van der Waals surface area contributed by atoms with Crippen molar-refractivity contribution >= 4 is 5.97 Å². The Labute approximate surface area is 103 Å². The van der Waals surface area contributed by atoms with Gasteiger partial charge in [0.05, 0.1) is 13.7 Å². The minimum absolute atomic E-state index is 0.204. The lowest BCUT2D eigenvalue weighted by molar-refractivity contribution is -0.142. The molecule has 0 spiro atoms. The van der Waals surface area contributed by atoms with Gasteiger partial charge >= 0.3 is 5.97 Å². The predicted octanol–water partition coefficient (Wildman–Crippen LogP) is 2.24. The third-order valence-corrected chi connectivity index (χ3v) is 2.48. The van der Waals surface area contributed by atoms with Crippen LogP contribution < -0.4 is 0 Å². The molecule has 1 rings (SSSR count). The minimum Gasteiger partial charge on any atom is -0.468 e. The van der Waals surface area contributed by atoms with Gasteiger partial charge in [0.1, 0.15) is 0 Å². The van der Waals surface area contributed by atoms with Crippen molar-refractivity contribution in [3.8, 4) is 0 Å². The molecule has 3 nitrogen and oxygen atoms in total. The van der Waals surface area contributed by atoms with E-state index < -0.39 is 0 Å². The lowest BCUT2D eigenvalue weighted by Crippen LogP contribution is -2.30. The number of benzene rings is 1. The monoisotopic (exact) mass is 233 g/mol. The Bertz CT molecular complexity index is 348. The van der Waals surface area contributed by atoms with Crippen LogP contribution >= 0.6 is 0 Å². The molecule has 0 saturated carbocycles. The molecule has 0 aliphatic heterocycles. The Hall–Kier alpha value is -1.61. The standard InChI is InChI=1S/C14H19NO2/c1-3-4-10-15(12-14(16)17-2)11-13-8-6-5-7-9-13/h3,5-9H,1,4,10-12H2,2H3. The summed E-state index contributed by atoms with van der Waals surface area (Å²) in [6.45, 7) is 5.58. The van der Waals surface area contributed by atoms with E-state index in [0.717, 1.165) is 19.5 Å². The Morgan fingerprint density at radius 2 is 2.12 bits per heavy atom. The fourth-order valence-electron chi connectivity index (χ4n) is 1.58. The van der Waals surface area contributed by atoms with Gasteiger partial charge in [-0.3, -0.25) is 9.69 Å². The lowest BCUT2D eigenvalue weighted by atomic mass is 10.2. The van der Waals surface area contributed by atoms with Gasteiger partial charge in [0, 0.05) is 13.1 Å². The average Bonchev–Trinajstić information content (AvgIpc) is 2.37. The molecule has 0 unspecified atom stereocenters. The van der Waals surface area contributed by atoms with E-state index in [1.54, 1.807) is 0 Å². The molecule has 0 aliphatic rings. The van der Waals surface area contributed by atoms with Crippen molar-refractivity contribution in [1.82, 2.24) is 4.90 Å². The van der Waals surface area contributed by atoms with Crippen LogP contribution in [0.1, 0.15) is 12.0 Å². The van der Waals surface area contributed by atoms with Gasteiger partial charge in [-0.2, -0.15) is 0 Å². The van der Waals surface area contributed by atoms with Crippen LogP contribution in [0, 0.1) is 0 Å². The first kappa shape index (κ1) is 13.5. The van der Waals surface area contributed by atoms with E-state index in [-0.39, 0.29) is 5.97 Å². The number of hydrogen-bond acceptors (Lipinski definition) is 3. The van der Waals surface area contributed by atoms with Crippen LogP contribution in [-0.4, -0.2) is 31.1 Å². The molecule has 17 heavy (non-hydrogen) atoms. The van der Waals surface area contributed by atoms with Gasteiger partial charge in [-0.1, -0.05) is 36.4 Å². The van der Waals surface area contributed by atoms with Crippen molar-refractivity contribution < 1.29 is 9.53 Å². The van der Waals surface area contributed by atoms with E-state index in [4.69, 9.17) is 4.74 Å². The number of nitrogens with zero attached hydrogens (tertiary/aromatic N) is 1. The van der Waals surface area contributed by atoms with E-state index in [0.29, 0.717) is 6.54 Å². The number of rotatable bonds is 7. The van der Waals surface area contributed by atoms with E-state index in [2.05, 4.69) is 23.6 Å². The summed E-state index contributed by atoms with van der Waals surface area (Å²) in [4.78, 5) is 13.3. The summed E-state index contributed by atoms with van der Waals surface area (Å²) in [5, 5.41) is 0. The van der Waals surface area contributed by atoms with Crippen LogP contribution in [0.15, 0.2) is 43.0 Å². The quantitative estimate of drug-likeness (QED) is 0.534. The predicted molar refractivity (Wildman–Crippen MR) is 68.5 cm³/mol. The number of hydrogen-bond donors (Lipinski definition) is 0. The number of carbonyl (C=O) groups excluding carboxylic acids is 1. The fraction of sp³-hybridized carbons (Fsp3) is 0.357. The summed E-state index contributed by atoms with van der Waals surface area (Å²) < 4.78 is 4.69. The molecule has 0 saturated heterocycles. The van der Waals surface area contributed by atoms with E-state index in [9.17, 15) is 4.79 Å². The molecule has 1 aromatic carbocycles. The third kappa shape index (κ3) is 5.31. The van der Waals surface area contributed by atoms with Gasteiger partial charge in [0.15, 0.2) is 0 Å². The smallest absolute Gasteiger partial charge is 0.319 e. The van der Waals surface area contributed by atoms with Gasteiger partial charge < -0.3 is 4.74 Å². The Morgan fingerprint density at radius 1 is 1.41 bits per heavy atom. The van der Waals surface area contributed by atoms with Gasteiger partial charge in [-0.15, -0.1) is 6.58 Å². The highest BCUT2D eigenvalue weighted by atomic mass is 16.5. The summed E-state index contributed by atoms with van der Waals surface area (Å²) in [6, 6.07) is 10.1. The van der Waals surface area contributed by atoms with Crippen molar-refractivity contribution in [3.05, 3.63) is 48.6 Å². The third-order valence-electron chi connectivity index (χ3n) is 2.48. The molecular formula is C14H19NO2. The molecule has 0 aromatic heterocycles. The highest BCUT2D eigenvalue weighted by molar-refractivity contribution is 5.71. The Morgan fingerprint density at radius 3 is 2.71 bits per heavy atom. The molecule has 0 fully saturated rings. The Kier molecular flexibility index (Phi) is 6.04. The highest BCUT2D eigenvalue weighted by Crippen LogP contribution is 2.05. The number of methoxy groups -OCH3 is 1. The van der Waals surface area contributed by atoms with Crippen LogP contribution in [-0.2, 0) is 16.1 Å². The largest absolute Gasteiger partial charge is 0.468 e. The maximum absolute atomic E-state index is 11.3. The fourth-order valence-corrected chi connectivity index (χ4v) is 1.58. The van der Waals surface area contributed by atoms with Crippen molar-refractivity contribution in [2.45, 2.75) is 13.0 Å². The van der Waals surface area contributed by atoms with Crippen molar-refractivity contribution in [3.63, 3.8) is 0 Å². The van der Waals surface area contributed by atoms with Crippen LogP contribution in [0.25, 0.3) is 0 Å². The summed E-state index contributed by atoms with van der Waals surface area (Å²) in [6.07, 6.45) is 2.72. The molecule has 0 heterocycles. The SMILES string of the molecule is C=CCCN(CC(=O)OC)Cc1ccccc1. The summed E-state index contributed by atoms with van der Waals surface area (Å²) in [5.41, 5.74) is 1.19. The maximum atomic E-state index is 11.3. The second-order valence-electron chi connectivity index (χ2n) is 3.85. The topological polar surface area (TPSA) is 29.5 Å². The molecule has 0 amide bonds. The van der Waals surface area contributed by atoms with Crippen LogP contribution in [0.5, 0.6) is 0 Å². The molecular weight excluding hydrogens is 214 g/mol. The molecule has 0 bridgehead atoms. The molecule has 0 radical (unpaired) electrons. The summed E-state index contributed by atoms with van der Waals surface area (Å²) in [7, 11) is 1.41. The van der Waals surface area contributed by atoms with Crippen molar-refractivity contribution in [2.75, 3.05) is 20.2 Å². The van der Waals surface area contributed by atoms with Crippen molar-refractivity contribution in [1.29, 1.82) is 0 Å². The van der Waals surface area contributed by atoms with Gasteiger partial charge in [0.2, 0.25) is 0 Å². The van der Waals surface area contributed by atoms with E-state index in [1.165, 1.54) is 12.7 Å². The average molecular weight is 233 g/mol. The van der Waals surface area contributed by atoms with Crippen molar-refractivity contribution in [2.24, 2.45) is 0 Å². The lowest BCUT2D eigenvalue weighted by Gasteiger charge is -2.20. The van der Waals surface area contributed by atoms with Gasteiger partial charge in [0.25, 0.3) is 0 Å². The maximum Gasteiger partial charge on any atom is 0.319 e. The molecule has 3 heteroatoms. The number of ether oxygens (including phenoxy) is 1.